The van der Waals surface area contributed by atoms with Crippen LogP contribution in [0.3, 0.4) is 0 Å². The normalized spacial score (nSPS) is 24.9. The van der Waals surface area contributed by atoms with Crippen LogP contribution < -0.4 is 5.73 Å². The Kier molecular flexibility index (Phi) is 5.40. The smallest absolute Gasteiger partial charge is 0.000956 e. The van der Waals surface area contributed by atoms with Crippen LogP contribution >= 0.6 is 0 Å². The van der Waals surface area contributed by atoms with Crippen LogP contribution in [0.5, 0.6) is 0 Å². The summed E-state index contributed by atoms with van der Waals surface area (Å²) in [7, 11) is 0. The molecular formula is C11H24N2. The minimum Gasteiger partial charge on any atom is -0.330 e. The Hall–Kier alpha value is -0.0800. The number of unbranched alkanes of at least 4 members (excludes halogenated alkanes) is 1. The number of hydrogen-bond donors (Lipinski definition) is 1. The van der Waals surface area contributed by atoms with E-state index in [1.54, 1.807) is 0 Å². The number of nitrogens with zero attached hydrogens (tertiary/aromatic N) is 1. The first-order valence-electron chi connectivity index (χ1n) is 5.79. The zero-order valence-corrected chi connectivity index (χ0v) is 8.97. The standard InChI is InChI=1S/C11H24N2/c1-2-11-6-5-9-13(10-11)8-4-3-7-12/h11H,2-10,12H2,1H3. The van der Waals surface area contributed by atoms with E-state index in [0.717, 1.165) is 12.5 Å². The van der Waals surface area contributed by atoms with Gasteiger partial charge < -0.3 is 10.6 Å². The maximum atomic E-state index is 5.48. The molecular weight excluding hydrogens is 160 g/mol. The molecule has 1 aliphatic rings. The molecule has 0 amide bonds. The van der Waals surface area contributed by atoms with Gasteiger partial charge in [0.2, 0.25) is 0 Å². The van der Waals surface area contributed by atoms with Gasteiger partial charge in [0.1, 0.15) is 0 Å². The Labute approximate surface area is 82.5 Å². The van der Waals surface area contributed by atoms with Gasteiger partial charge in [-0.2, -0.15) is 0 Å². The Morgan fingerprint density at radius 3 is 2.92 bits per heavy atom. The highest BCUT2D eigenvalue weighted by molar-refractivity contribution is 4.71. The summed E-state index contributed by atoms with van der Waals surface area (Å²) in [6.45, 7) is 7.09. The lowest BCUT2D eigenvalue weighted by atomic mass is 9.95. The Morgan fingerprint density at radius 1 is 1.38 bits per heavy atom. The first-order valence-corrected chi connectivity index (χ1v) is 5.79. The third-order valence-electron chi connectivity index (χ3n) is 3.11. The Bertz CT molecular complexity index is 125. The topological polar surface area (TPSA) is 29.3 Å². The molecule has 0 spiro atoms. The van der Waals surface area contributed by atoms with E-state index < -0.39 is 0 Å². The number of rotatable bonds is 5. The Balaban J connectivity index is 2.11. The fourth-order valence-electron chi connectivity index (χ4n) is 2.17. The average Bonchev–Trinajstić information content (AvgIpc) is 2.19. The number of nitrogens with two attached hydrogens (primary N) is 1. The van der Waals surface area contributed by atoms with Crippen LogP contribution in [-0.4, -0.2) is 31.1 Å². The van der Waals surface area contributed by atoms with E-state index in [1.807, 2.05) is 0 Å². The quantitative estimate of drug-likeness (QED) is 0.661. The molecule has 0 saturated carbocycles. The van der Waals surface area contributed by atoms with E-state index in [9.17, 15) is 0 Å². The lowest BCUT2D eigenvalue weighted by molar-refractivity contribution is 0.169. The molecule has 1 rings (SSSR count). The van der Waals surface area contributed by atoms with Crippen LogP contribution in [0.1, 0.15) is 39.0 Å². The highest BCUT2D eigenvalue weighted by Crippen LogP contribution is 2.19. The highest BCUT2D eigenvalue weighted by atomic mass is 15.1. The molecule has 0 bridgehead atoms. The maximum Gasteiger partial charge on any atom is 0.000956 e. The van der Waals surface area contributed by atoms with Crippen LogP contribution in [0.2, 0.25) is 0 Å². The molecule has 1 atom stereocenters. The minimum absolute atomic E-state index is 0.852. The second-order valence-corrected chi connectivity index (χ2v) is 4.21. The molecule has 78 valence electrons. The fourth-order valence-corrected chi connectivity index (χ4v) is 2.17. The van der Waals surface area contributed by atoms with Gasteiger partial charge in [-0.15, -0.1) is 0 Å². The zero-order chi connectivity index (χ0) is 9.52. The summed E-state index contributed by atoms with van der Waals surface area (Å²) < 4.78 is 0. The van der Waals surface area contributed by atoms with E-state index in [-0.39, 0.29) is 0 Å². The molecule has 1 fully saturated rings. The Morgan fingerprint density at radius 2 is 2.23 bits per heavy atom. The summed E-state index contributed by atoms with van der Waals surface area (Å²) in [4.78, 5) is 2.62. The summed E-state index contributed by atoms with van der Waals surface area (Å²) in [6, 6.07) is 0. The molecule has 13 heavy (non-hydrogen) atoms. The summed E-state index contributed by atoms with van der Waals surface area (Å²) in [5.74, 6) is 0.964. The third-order valence-corrected chi connectivity index (χ3v) is 3.11. The van der Waals surface area contributed by atoms with Gasteiger partial charge in [-0.05, 0) is 51.2 Å². The van der Waals surface area contributed by atoms with Crippen LogP contribution in [0.25, 0.3) is 0 Å². The van der Waals surface area contributed by atoms with E-state index in [1.165, 1.54) is 51.7 Å². The third kappa shape index (κ3) is 4.10. The van der Waals surface area contributed by atoms with Gasteiger partial charge in [-0.1, -0.05) is 13.3 Å². The van der Waals surface area contributed by atoms with Gasteiger partial charge >= 0.3 is 0 Å². The summed E-state index contributed by atoms with van der Waals surface area (Å²) >= 11 is 0. The van der Waals surface area contributed by atoms with Gasteiger partial charge in [-0.3, -0.25) is 0 Å². The van der Waals surface area contributed by atoms with E-state index in [2.05, 4.69) is 11.8 Å². The molecule has 0 aromatic heterocycles. The van der Waals surface area contributed by atoms with Crippen molar-refractivity contribution in [3.63, 3.8) is 0 Å². The predicted octanol–water partition coefficient (Wildman–Crippen LogP) is 1.85. The lowest BCUT2D eigenvalue weighted by Gasteiger charge is -2.32. The van der Waals surface area contributed by atoms with E-state index in [4.69, 9.17) is 5.73 Å². The van der Waals surface area contributed by atoms with Gasteiger partial charge in [0.25, 0.3) is 0 Å². The van der Waals surface area contributed by atoms with Crippen LogP contribution in [0.15, 0.2) is 0 Å². The van der Waals surface area contributed by atoms with Crippen molar-refractivity contribution in [1.29, 1.82) is 0 Å². The summed E-state index contributed by atoms with van der Waals surface area (Å²) in [6.07, 6.45) is 6.68. The van der Waals surface area contributed by atoms with Gasteiger partial charge in [-0.25, -0.2) is 0 Å². The van der Waals surface area contributed by atoms with Crippen LogP contribution in [-0.2, 0) is 0 Å². The van der Waals surface area contributed by atoms with Crippen molar-refractivity contribution in [2.24, 2.45) is 11.7 Å². The molecule has 2 N–H and O–H groups in total. The largest absolute Gasteiger partial charge is 0.330 e. The first kappa shape index (κ1) is 11.0. The van der Waals surface area contributed by atoms with Crippen molar-refractivity contribution >= 4 is 0 Å². The number of hydrogen-bond acceptors (Lipinski definition) is 2. The second-order valence-electron chi connectivity index (χ2n) is 4.21. The maximum absolute atomic E-state index is 5.48. The lowest BCUT2D eigenvalue weighted by Crippen LogP contribution is -2.35. The molecule has 0 aromatic carbocycles. The van der Waals surface area contributed by atoms with Crippen molar-refractivity contribution < 1.29 is 0 Å². The van der Waals surface area contributed by atoms with E-state index >= 15 is 0 Å². The van der Waals surface area contributed by atoms with Gasteiger partial charge in [0.15, 0.2) is 0 Å². The van der Waals surface area contributed by atoms with Crippen LogP contribution in [0.4, 0.5) is 0 Å². The molecule has 2 nitrogen and oxygen atoms in total. The first-order chi connectivity index (χ1) is 6.36. The van der Waals surface area contributed by atoms with Crippen LogP contribution in [0, 0.1) is 5.92 Å². The predicted molar refractivity (Wildman–Crippen MR) is 57.7 cm³/mol. The van der Waals surface area contributed by atoms with Gasteiger partial charge in [0.05, 0.1) is 0 Å². The van der Waals surface area contributed by atoms with E-state index in [0.29, 0.717) is 0 Å². The molecule has 2 heteroatoms. The van der Waals surface area contributed by atoms with Gasteiger partial charge in [0, 0.05) is 6.54 Å². The summed E-state index contributed by atoms with van der Waals surface area (Å²) in [5, 5.41) is 0. The monoisotopic (exact) mass is 184 g/mol. The molecule has 1 aliphatic heterocycles. The fraction of sp³-hybridized carbons (Fsp3) is 1.00. The molecule has 0 aromatic rings. The van der Waals surface area contributed by atoms with Crippen molar-refractivity contribution in [3.05, 3.63) is 0 Å². The molecule has 0 radical (unpaired) electrons. The molecule has 1 saturated heterocycles. The zero-order valence-electron chi connectivity index (χ0n) is 8.97. The summed E-state index contributed by atoms with van der Waals surface area (Å²) in [5.41, 5.74) is 5.48. The van der Waals surface area contributed by atoms with Crippen molar-refractivity contribution in [2.45, 2.75) is 39.0 Å². The average molecular weight is 184 g/mol. The highest BCUT2D eigenvalue weighted by Gasteiger charge is 2.17. The van der Waals surface area contributed by atoms with Crippen molar-refractivity contribution in [2.75, 3.05) is 26.2 Å². The molecule has 0 aliphatic carbocycles. The second kappa shape index (κ2) is 6.39. The van der Waals surface area contributed by atoms with Crippen molar-refractivity contribution in [3.8, 4) is 0 Å². The minimum atomic E-state index is 0.852. The van der Waals surface area contributed by atoms with Crippen molar-refractivity contribution in [1.82, 2.24) is 4.90 Å². The number of likely N-dealkylation sites (tertiary alicyclic amines) is 1. The molecule has 1 heterocycles. The SMILES string of the molecule is CCC1CCCN(CCCCN)C1. The molecule has 1 unspecified atom stereocenters. The number of piperidine rings is 1.